The largest absolute Gasteiger partial charge is 0.350 e. The number of carbonyl (C=O) groups excluding carboxylic acids is 1. The van der Waals surface area contributed by atoms with E-state index in [0.717, 1.165) is 12.1 Å². The number of sulfone groups is 1. The van der Waals surface area contributed by atoms with Gasteiger partial charge in [-0.15, -0.1) is 0 Å². The molecule has 1 heterocycles. The van der Waals surface area contributed by atoms with Gasteiger partial charge in [0.15, 0.2) is 9.84 Å². The third-order valence-electron chi connectivity index (χ3n) is 4.06. The summed E-state index contributed by atoms with van der Waals surface area (Å²) in [6, 6.07) is 16.4. The number of hydrogen-bond acceptors (Lipinski definition) is 4. The van der Waals surface area contributed by atoms with E-state index >= 15 is 0 Å². The number of benzene rings is 2. The Kier molecular flexibility index (Phi) is 5.61. The monoisotopic (exact) mass is 384 g/mol. The zero-order chi connectivity index (χ0) is 19.3. The van der Waals surface area contributed by atoms with Gasteiger partial charge in [-0.05, 0) is 48.0 Å². The molecule has 0 spiro atoms. The fourth-order valence-corrected chi connectivity index (χ4v) is 4.28. The summed E-state index contributed by atoms with van der Waals surface area (Å²) >= 11 is 0. The lowest BCUT2D eigenvalue weighted by molar-refractivity contribution is 0.0953. The predicted molar refractivity (Wildman–Crippen MR) is 99.3 cm³/mol. The van der Waals surface area contributed by atoms with Gasteiger partial charge in [-0.1, -0.05) is 24.3 Å². The molecule has 1 N–H and O–H groups in total. The van der Waals surface area contributed by atoms with Gasteiger partial charge in [0.25, 0.3) is 5.91 Å². The molecular weight excluding hydrogens is 367 g/mol. The number of amides is 1. The zero-order valence-electron chi connectivity index (χ0n) is 14.2. The van der Waals surface area contributed by atoms with Gasteiger partial charge in [-0.3, -0.25) is 9.78 Å². The maximum absolute atomic E-state index is 13.2. The fourth-order valence-electron chi connectivity index (χ4n) is 2.64. The molecule has 0 unspecified atom stereocenters. The smallest absolute Gasteiger partial charge is 0.251 e. The molecule has 138 valence electrons. The molecule has 2 aromatic carbocycles. The molecule has 1 amide bonds. The summed E-state index contributed by atoms with van der Waals surface area (Å²) in [5.41, 5.74) is 0.872. The van der Waals surface area contributed by atoms with Crippen LogP contribution < -0.4 is 5.32 Å². The molecule has 0 radical (unpaired) electrons. The lowest BCUT2D eigenvalue weighted by Crippen LogP contribution is -2.32. The minimum Gasteiger partial charge on any atom is -0.350 e. The Morgan fingerprint density at radius 3 is 2.33 bits per heavy atom. The summed E-state index contributed by atoms with van der Waals surface area (Å²) in [4.78, 5) is 16.3. The van der Waals surface area contributed by atoms with Crippen molar-refractivity contribution in [3.63, 3.8) is 0 Å². The molecule has 1 atom stereocenters. The van der Waals surface area contributed by atoms with Gasteiger partial charge in [-0.25, -0.2) is 12.8 Å². The third kappa shape index (κ3) is 4.38. The Morgan fingerprint density at radius 2 is 1.70 bits per heavy atom. The van der Waals surface area contributed by atoms with Crippen LogP contribution in [0.2, 0.25) is 0 Å². The predicted octanol–water partition coefficient (Wildman–Crippen LogP) is 3.17. The summed E-state index contributed by atoms with van der Waals surface area (Å²) in [6.45, 7) is -0.140. The van der Waals surface area contributed by atoms with Crippen LogP contribution in [0.5, 0.6) is 0 Å². The lowest BCUT2D eigenvalue weighted by Gasteiger charge is -2.19. The van der Waals surface area contributed by atoms with Crippen LogP contribution in [-0.4, -0.2) is 25.9 Å². The molecule has 3 aromatic rings. The highest BCUT2D eigenvalue weighted by molar-refractivity contribution is 7.91. The van der Waals surface area contributed by atoms with Gasteiger partial charge < -0.3 is 5.32 Å². The van der Waals surface area contributed by atoms with Crippen molar-refractivity contribution in [1.29, 1.82) is 0 Å². The molecule has 7 heteroatoms. The number of nitrogens with zero attached hydrogens (tertiary/aromatic N) is 1. The number of rotatable bonds is 6. The van der Waals surface area contributed by atoms with Crippen LogP contribution >= 0.6 is 0 Å². The Hall–Kier alpha value is -3.06. The number of halogens is 1. The highest BCUT2D eigenvalue weighted by Gasteiger charge is 2.30. The molecule has 0 saturated carbocycles. The van der Waals surface area contributed by atoms with Crippen molar-refractivity contribution in [2.45, 2.75) is 10.1 Å². The molecule has 5 nitrogen and oxygen atoms in total. The molecule has 0 aliphatic heterocycles. The zero-order valence-corrected chi connectivity index (χ0v) is 15.1. The quantitative estimate of drug-likeness (QED) is 0.663. The SMILES string of the molecule is O=C(NC[C@H](c1cccnc1)S(=O)(=O)c1ccc(F)cc1)c1ccccc1. The molecule has 0 saturated heterocycles. The van der Waals surface area contributed by atoms with E-state index in [-0.39, 0.29) is 17.3 Å². The molecule has 1 aromatic heterocycles. The van der Waals surface area contributed by atoms with E-state index in [1.54, 1.807) is 42.5 Å². The van der Waals surface area contributed by atoms with E-state index < -0.39 is 20.9 Å². The van der Waals surface area contributed by atoms with Crippen LogP contribution in [0.25, 0.3) is 0 Å². The maximum atomic E-state index is 13.2. The van der Waals surface area contributed by atoms with Gasteiger partial charge in [-0.2, -0.15) is 0 Å². The number of pyridine rings is 1. The Labute approximate surface area is 156 Å². The van der Waals surface area contributed by atoms with Crippen molar-refractivity contribution in [2.24, 2.45) is 0 Å². The van der Waals surface area contributed by atoms with Gasteiger partial charge in [0.2, 0.25) is 0 Å². The topological polar surface area (TPSA) is 76.1 Å². The molecule has 3 rings (SSSR count). The number of aromatic nitrogens is 1. The number of nitrogens with one attached hydrogen (secondary N) is 1. The Balaban J connectivity index is 1.90. The van der Waals surface area contributed by atoms with Crippen LogP contribution in [0.3, 0.4) is 0 Å². The van der Waals surface area contributed by atoms with E-state index in [1.165, 1.54) is 24.5 Å². The van der Waals surface area contributed by atoms with Crippen molar-refractivity contribution in [2.75, 3.05) is 6.54 Å². The van der Waals surface area contributed by atoms with Crippen molar-refractivity contribution in [3.05, 3.63) is 96.1 Å². The summed E-state index contributed by atoms with van der Waals surface area (Å²) in [5, 5.41) is 1.61. The minimum absolute atomic E-state index is 0.0216. The van der Waals surface area contributed by atoms with Crippen LogP contribution in [0.1, 0.15) is 21.2 Å². The minimum atomic E-state index is -3.87. The first-order valence-corrected chi connectivity index (χ1v) is 9.76. The van der Waals surface area contributed by atoms with Crippen LogP contribution in [0.15, 0.2) is 84.0 Å². The standard InChI is InChI=1S/C20H17FN2O3S/c21-17-8-10-18(11-9-17)27(25,26)19(16-7-4-12-22-13-16)14-23-20(24)15-5-2-1-3-6-15/h1-13,19H,14H2,(H,23,24)/t19-/m1/s1. The van der Waals surface area contributed by atoms with Crippen molar-refractivity contribution >= 4 is 15.7 Å². The molecular formula is C20H17FN2O3S. The van der Waals surface area contributed by atoms with Crippen molar-refractivity contribution in [1.82, 2.24) is 10.3 Å². The fraction of sp³-hybridized carbons (Fsp3) is 0.100. The van der Waals surface area contributed by atoms with Gasteiger partial charge in [0, 0.05) is 24.5 Å². The highest BCUT2D eigenvalue weighted by Crippen LogP contribution is 2.28. The average Bonchev–Trinajstić information content (AvgIpc) is 2.69. The summed E-state index contributed by atoms with van der Waals surface area (Å²) in [5.74, 6) is -0.900. The number of carbonyl (C=O) groups is 1. The molecule has 0 fully saturated rings. The second-order valence-electron chi connectivity index (χ2n) is 5.85. The summed E-state index contributed by atoms with van der Waals surface area (Å²) in [7, 11) is -3.87. The van der Waals surface area contributed by atoms with E-state index in [4.69, 9.17) is 0 Å². The van der Waals surface area contributed by atoms with Crippen molar-refractivity contribution in [3.8, 4) is 0 Å². The van der Waals surface area contributed by atoms with Crippen LogP contribution in [0, 0.1) is 5.82 Å². The molecule has 27 heavy (non-hydrogen) atoms. The van der Waals surface area contributed by atoms with Gasteiger partial charge in [0.1, 0.15) is 11.1 Å². The lowest BCUT2D eigenvalue weighted by atomic mass is 10.2. The number of hydrogen-bond donors (Lipinski definition) is 1. The molecule has 0 aliphatic rings. The summed E-state index contributed by atoms with van der Waals surface area (Å²) < 4.78 is 39.4. The summed E-state index contributed by atoms with van der Waals surface area (Å²) in [6.07, 6.45) is 2.98. The van der Waals surface area contributed by atoms with E-state index in [0.29, 0.717) is 11.1 Å². The molecule has 0 bridgehead atoms. The average molecular weight is 384 g/mol. The van der Waals surface area contributed by atoms with E-state index in [2.05, 4.69) is 10.3 Å². The van der Waals surface area contributed by atoms with Gasteiger partial charge >= 0.3 is 0 Å². The van der Waals surface area contributed by atoms with E-state index in [9.17, 15) is 17.6 Å². The Morgan fingerprint density at radius 1 is 1.00 bits per heavy atom. The van der Waals surface area contributed by atoms with Crippen LogP contribution in [0.4, 0.5) is 4.39 Å². The third-order valence-corrected chi connectivity index (χ3v) is 6.17. The highest BCUT2D eigenvalue weighted by atomic mass is 32.2. The van der Waals surface area contributed by atoms with E-state index in [1.807, 2.05) is 0 Å². The second-order valence-corrected chi connectivity index (χ2v) is 7.98. The van der Waals surface area contributed by atoms with Crippen molar-refractivity contribution < 1.29 is 17.6 Å². The van der Waals surface area contributed by atoms with Crippen LogP contribution in [-0.2, 0) is 9.84 Å². The first-order valence-electron chi connectivity index (χ1n) is 8.21. The second kappa shape index (κ2) is 8.09. The van der Waals surface area contributed by atoms with Gasteiger partial charge in [0.05, 0.1) is 4.90 Å². The first-order chi connectivity index (χ1) is 13.0. The first kappa shape index (κ1) is 18.7. The normalized spacial score (nSPS) is 12.3. The Bertz CT molecular complexity index is 1010. The molecule has 0 aliphatic carbocycles. The maximum Gasteiger partial charge on any atom is 0.251 e.